The Bertz CT molecular complexity index is 1100. The summed E-state index contributed by atoms with van der Waals surface area (Å²) in [5.41, 5.74) is 1.81. The molecule has 152 valence electrons. The van der Waals surface area contributed by atoms with Crippen molar-refractivity contribution >= 4 is 26.7 Å². The van der Waals surface area contributed by atoms with Crippen LogP contribution in [0.3, 0.4) is 0 Å². The highest BCUT2D eigenvalue weighted by Crippen LogP contribution is 2.22. The van der Waals surface area contributed by atoms with Crippen molar-refractivity contribution < 1.29 is 13.2 Å². The van der Waals surface area contributed by atoms with Crippen molar-refractivity contribution in [3.8, 4) is 0 Å². The van der Waals surface area contributed by atoms with Crippen molar-refractivity contribution in [2.75, 3.05) is 31.6 Å². The number of ether oxygens (including phenoxy) is 1. The summed E-state index contributed by atoms with van der Waals surface area (Å²) in [6.07, 6.45) is 0. The topological polar surface area (TPSA) is 110 Å². The molecule has 0 amide bonds. The molecule has 29 heavy (non-hydrogen) atoms. The smallest absolute Gasteiger partial charge is 0.238 e. The molecule has 8 nitrogen and oxygen atoms in total. The maximum absolute atomic E-state index is 11.4. The van der Waals surface area contributed by atoms with Gasteiger partial charge in [0.15, 0.2) is 0 Å². The van der Waals surface area contributed by atoms with Crippen LogP contribution in [0.5, 0.6) is 0 Å². The fourth-order valence-corrected chi connectivity index (χ4v) is 3.79. The summed E-state index contributed by atoms with van der Waals surface area (Å²) in [6, 6.07) is 14.4. The van der Waals surface area contributed by atoms with Gasteiger partial charge in [-0.25, -0.2) is 23.5 Å². The van der Waals surface area contributed by atoms with Crippen molar-refractivity contribution in [1.29, 1.82) is 0 Å². The number of benzene rings is 2. The third-order valence-corrected chi connectivity index (χ3v) is 5.76. The molecule has 0 unspecified atom stereocenters. The Labute approximate surface area is 169 Å². The quantitative estimate of drug-likeness (QED) is 0.633. The Morgan fingerprint density at radius 2 is 1.76 bits per heavy atom. The van der Waals surface area contributed by atoms with Gasteiger partial charge in [0.25, 0.3) is 0 Å². The minimum Gasteiger partial charge on any atom is -0.379 e. The molecule has 1 fully saturated rings. The molecule has 1 aliphatic heterocycles. The van der Waals surface area contributed by atoms with Gasteiger partial charge in [-0.15, -0.1) is 0 Å². The highest BCUT2D eigenvalue weighted by atomic mass is 32.2. The van der Waals surface area contributed by atoms with Crippen LogP contribution in [-0.2, 0) is 27.8 Å². The molecular weight excluding hydrogens is 390 g/mol. The lowest BCUT2D eigenvalue weighted by atomic mass is 10.2. The van der Waals surface area contributed by atoms with E-state index in [0.717, 1.165) is 54.4 Å². The normalized spacial score (nSPS) is 15.5. The lowest BCUT2D eigenvalue weighted by molar-refractivity contribution is 0.0331. The fraction of sp³-hybridized carbons (Fsp3) is 0.300. The number of para-hydroxylation sites is 1. The molecule has 1 aliphatic rings. The van der Waals surface area contributed by atoms with Gasteiger partial charge in [0.05, 0.1) is 30.2 Å². The minimum atomic E-state index is -3.69. The van der Waals surface area contributed by atoms with Crippen LogP contribution in [0.4, 0.5) is 5.82 Å². The molecule has 4 rings (SSSR count). The Morgan fingerprint density at radius 3 is 2.48 bits per heavy atom. The van der Waals surface area contributed by atoms with Gasteiger partial charge >= 0.3 is 0 Å². The Kier molecular flexibility index (Phi) is 5.72. The molecule has 2 aromatic carbocycles. The molecule has 1 saturated heterocycles. The largest absolute Gasteiger partial charge is 0.379 e. The average Bonchev–Trinajstić information content (AvgIpc) is 2.72. The van der Waals surface area contributed by atoms with Crippen molar-refractivity contribution in [3.63, 3.8) is 0 Å². The van der Waals surface area contributed by atoms with Gasteiger partial charge in [-0.05, 0) is 29.8 Å². The second kappa shape index (κ2) is 8.42. The van der Waals surface area contributed by atoms with E-state index in [9.17, 15) is 8.42 Å². The van der Waals surface area contributed by atoms with Gasteiger partial charge in [-0.2, -0.15) is 0 Å². The molecule has 1 aromatic heterocycles. The Balaban J connectivity index is 1.55. The van der Waals surface area contributed by atoms with Crippen LogP contribution in [0.2, 0.25) is 0 Å². The predicted molar refractivity (Wildman–Crippen MR) is 111 cm³/mol. The number of rotatable bonds is 6. The van der Waals surface area contributed by atoms with Crippen LogP contribution in [-0.4, -0.2) is 49.6 Å². The first-order valence-corrected chi connectivity index (χ1v) is 10.9. The minimum absolute atomic E-state index is 0.0986. The highest BCUT2D eigenvalue weighted by molar-refractivity contribution is 7.89. The van der Waals surface area contributed by atoms with Crippen LogP contribution >= 0.6 is 0 Å². The van der Waals surface area contributed by atoms with E-state index in [-0.39, 0.29) is 4.90 Å². The maximum atomic E-state index is 11.4. The number of primary sulfonamides is 1. The Morgan fingerprint density at radius 1 is 1.03 bits per heavy atom. The first kappa shape index (κ1) is 19.7. The SMILES string of the molecule is NS(=O)(=O)c1ccc(CNc2nc(CN3CCOCC3)nc3ccccc23)cc1. The molecule has 9 heteroatoms. The third-order valence-electron chi connectivity index (χ3n) is 4.83. The number of nitrogens with one attached hydrogen (secondary N) is 1. The van der Waals surface area contributed by atoms with Gasteiger partial charge < -0.3 is 10.1 Å². The maximum Gasteiger partial charge on any atom is 0.238 e. The van der Waals surface area contributed by atoms with Gasteiger partial charge in [-0.1, -0.05) is 24.3 Å². The van der Waals surface area contributed by atoms with Crippen molar-refractivity contribution in [3.05, 3.63) is 59.9 Å². The number of morpholine rings is 1. The number of hydrogen-bond acceptors (Lipinski definition) is 7. The van der Waals surface area contributed by atoms with Crippen LogP contribution in [0.1, 0.15) is 11.4 Å². The number of sulfonamides is 1. The fourth-order valence-electron chi connectivity index (χ4n) is 3.27. The second-order valence-corrected chi connectivity index (χ2v) is 8.50. The molecule has 3 N–H and O–H groups in total. The average molecular weight is 414 g/mol. The summed E-state index contributed by atoms with van der Waals surface area (Å²) in [5, 5.41) is 9.46. The third kappa shape index (κ3) is 4.88. The van der Waals surface area contributed by atoms with Crippen LogP contribution in [0.15, 0.2) is 53.4 Å². The van der Waals surface area contributed by atoms with E-state index in [2.05, 4.69) is 10.2 Å². The molecular formula is C20H23N5O3S. The van der Waals surface area contributed by atoms with E-state index >= 15 is 0 Å². The second-order valence-electron chi connectivity index (χ2n) is 6.94. The molecule has 0 spiro atoms. The summed E-state index contributed by atoms with van der Waals surface area (Å²) in [5.74, 6) is 1.52. The van der Waals surface area contributed by atoms with Crippen LogP contribution in [0.25, 0.3) is 10.9 Å². The molecule has 0 bridgehead atoms. The van der Waals surface area contributed by atoms with Gasteiger partial charge in [-0.3, -0.25) is 4.90 Å². The van der Waals surface area contributed by atoms with E-state index in [4.69, 9.17) is 19.8 Å². The van der Waals surface area contributed by atoms with E-state index in [0.29, 0.717) is 13.1 Å². The van der Waals surface area contributed by atoms with E-state index in [1.165, 1.54) is 12.1 Å². The van der Waals surface area contributed by atoms with Crippen LogP contribution < -0.4 is 10.5 Å². The number of hydrogen-bond donors (Lipinski definition) is 2. The predicted octanol–water partition coefficient (Wildman–Crippen LogP) is 1.72. The number of nitrogens with two attached hydrogens (primary N) is 1. The van der Waals surface area contributed by atoms with Gasteiger partial charge in [0.2, 0.25) is 10.0 Å². The molecule has 0 atom stereocenters. The first-order valence-electron chi connectivity index (χ1n) is 9.40. The van der Waals surface area contributed by atoms with Crippen LogP contribution in [0, 0.1) is 0 Å². The summed E-state index contributed by atoms with van der Waals surface area (Å²) in [4.78, 5) is 11.8. The Hall–Kier alpha value is -2.59. The summed E-state index contributed by atoms with van der Waals surface area (Å²) < 4.78 is 28.2. The summed E-state index contributed by atoms with van der Waals surface area (Å²) in [7, 11) is -3.69. The molecule has 0 aliphatic carbocycles. The molecule has 0 saturated carbocycles. The van der Waals surface area contributed by atoms with Crippen molar-refractivity contribution in [2.24, 2.45) is 5.14 Å². The summed E-state index contributed by atoms with van der Waals surface area (Å²) in [6.45, 7) is 4.37. The number of anilines is 1. The number of fused-ring (bicyclic) bond motifs is 1. The first-order chi connectivity index (χ1) is 14.0. The molecule has 2 heterocycles. The zero-order valence-corrected chi connectivity index (χ0v) is 16.7. The molecule has 0 radical (unpaired) electrons. The number of nitrogens with zero attached hydrogens (tertiary/aromatic N) is 3. The zero-order chi connectivity index (χ0) is 20.3. The van der Waals surface area contributed by atoms with Crippen molar-refractivity contribution in [1.82, 2.24) is 14.9 Å². The van der Waals surface area contributed by atoms with Gasteiger partial charge in [0, 0.05) is 25.0 Å². The highest BCUT2D eigenvalue weighted by Gasteiger charge is 2.14. The molecule has 3 aromatic rings. The number of aromatic nitrogens is 2. The monoisotopic (exact) mass is 413 g/mol. The zero-order valence-electron chi connectivity index (χ0n) is 15.9. The lowest BCUT2D eigenvalue weighted by Crippen LogP contribution is -2.36. The summed E-state index contributed by atoms with van der Waals surface area (Å²) >= 11 is 0. The van der Waals surface area contributed by atoms with E-state index in [1.807, 2.05) is 24.3 Å². The lowest BCUT2D eigenvalue weighted by Gasteiger charge is -2.26. The van der Waals surface area contributed by atoms with E-state index < -0.39 is 10.0 Å². The van der Waals surface area contributed by atoms with Gasteiger partial charge in [0.1, 0.15) is 11.6 Å². The standard InChI is InChI=1S/C20H23N5O3S/c21-29(26,27)16-7-5-15(6-8-16)13-22-20-17-3-1-2-4-18(17)23-19(24-20)14-25-9-11-28-12-10-25/h1-8H,9-14H2,(H2,21,26,27)(H,22,23,24). The van der Waals surface area contributed by atoms with E-state index in [1.54, 1.807) is 12.1 Å². The van der Waals surface area contributed by atoms with Crippen molar-refractivity contribution in [2.45, 2.75) is 18.0 Å².